The predicted molar refractivity (Wildman–Crippen MR) is 200 cm³/mol. The van der Waals surface area contributed by atoms with Gasteiger partial charge in [-0.1, -0.05) is 41.9 Å². The van der Waals surface area contributed by atoms with Gasteiger partial charge in [0, 0.05) is 49.7 Å². The van der Waals surface area contributed by atoms with Crippen molar-refractivity contribution >= 4 is 33.4 Å². The lowest BCUT2D eigenvalue weighted by molar-refractivity contribution is 0.154. The summed E-state index contributed by atoms with van der Waals surface area (Å²) >= 11 is 6.44. The van der Waals surface area contributed by atoms with Crippen LogP contribution in [-0.4, -0.2) is 75.8 Å². The minimum Gasteiger partial charge on any atom is -0.497 e. The number of hydrogen-bond acceptors (Lipinski definition) is 7. The van der Waals surface area contributed by atoms with E-state index in [9.17, 15) is 18.3 Å². The molecule has 2 atom stereocenters. The molecule has 1 fully saturated rings. The van der Waals surface area contributed by atoms with Gasteiger partial charge in [0.25, 0.3) is 0 Å². The van der Waals surface area contributed by atoms with Gasteiger partial charge in [0.15, 0.2) is 0 Å². The third-order valence-electron chi connectivity index (χ3n) is 10.7. The Kier molecular flexibility index (Phi) is 10.3. The van der Waals surface area contributed by atoms with Crippen molar-refractivity contribution in [1.29, 1.82) is 0 Å². The van der Waals surface area contributed by atoms with Crippen LogP contribution >= 0.6 is 11.6 Å². The molecule has 1 unspecified atom stereocenters. The highest BCUT2D eigenvalue weighted by molar-refractivity contribution is 7.89. The fraction of sp³-hybridized carbons (Fsp3) is 0.375. The van der Waals surface area contributed by atoms with Crippen molar-refractivity contribution in [2.45, 2.75) is 49.1 Å². The van der Waals surface area contributed by atoms with E-state index in [4.69, 9.17) is 25.8 Å². The molecule has 0 aromatic heterocycles. The van der Waals surface area contributed by atoms with E-state index in [-0.39, 0.29) is 29.3 Å². The Labute approximate surface area is 310 Å². The van der Waals surface area contributed by atoms with Crippen LogP contribution in [0.3, 0.4) is 0 Å². The number of fused-ring (bicyclic) bond motifs is 3. The minimum absolute atomic E-state index is 0.0780. The third kappa shape index (κ3) is 7.40. The molecule has 1 aliphatic carbocycles. The van der Waals surface area contributed by atoms with Crippen molar-refractivity contribution in [2.24, 2.45) is 5.92 Å². The van der Waals surface area contributed by atoms with Crippen LogP contribution in [0.1, 0.15) is 41.5 Å². The Morgan fingerprint density at radius 3 is 2.25 bits per heavy atom. The van der Waals surface area contributed by atoms with Gasteiger partial charge in [-0.2, -0.15) is 4.31 Å². The first-order valence-corrected chi connectivity index (χ1v) is 19.4. The number of sulfonamides is 1. The molecule has 7 rings (SSSR count). The zero-order valence-electron chi connectivity index (χ0n) is 29.5. The summed E-state index contributed by atoms with van der Waals surface area (Å²) in [6.07, 6.45) is 2.62. The number of methoxy groups -OCH3 is 2. The Bertz CT molecular complexity index is 1980. The Hall–Kier alpha value is -4.45. The normalized spacial score (nSPS) is 19.9. The molecular formula is C40H44ClN3O7S. The summed E-state index contributed by atoms with van der Waals surface area (Å²) in [4.78, 5) is 15.7. The monoisotopic (exact) mass is 745 g/mol. The molecule has 4 aromatic carbocycles. The zero-order valence-corrected chi connectivity index (χ0v) is 31.0. The van der Waals surface area contributed by atoms with E-state index in [1.807, 2.05) is 60.7 Å². The molecule has 12 heteroatoms. The van der Waals surface area contributed by atoms with E-state index in [1.54, 1.807) is 32.4 Å². The van der Waals surface area contributed by atoms with Crippen molar-refractivity contribution in [3.05, 3.63) is 112 Å². The number of aryl methyl sites for hydroxylation is 1. The zero-order chi connectivity index (χ0) is 36.5. The highest BCUT2D eigenvalue weighted by Gasteiger charge is 2.43. The van der Waals surface area contributed by atoms with Crippen LogP contribution in [0.25, 0.3) is 0 Å². The molecule has 0 saturated carbocycles. The standard InChI is InChI=1S/C40H44ClN3O7S/c1-49-33-10-5-28(6-11-33)24-44(25-29-7-12-34(50-2)13-8-29)52(47,48)35-14-16-38-37(21-35)43(23-30-17-19-42(22-30)39(45)46)26-40(27-51-38)18-3-4-31-20-32(41)9-15-36(31)40/h5-16,20-21,30H,3-4,17-19,22-27H2,1-2H3,(H,45,46)/t30?,40-/m0/s1. The summed E-state index contributed by atoms with van der Waals surface area (Å²) in [7, 11) is -0.849. The van der Waals surface area contributed by atoms with Crippen LogP contribution in [-0.2, 0) is 34.9 Å². The maximum atomic E-state index is 14.8. The fourth-order valence-corrected chi connectivity index (χ4v) is 9.60. The molecule has 0 radical (unpaired) electrons. The van der Waals surface area contributed by atoms with Gasteiger partial charge < -0.3 is 29.1 Å². The quantitative estimate of drug-likeness (QED) is 0.181. The Morgan fingerprint density at radius 2 is 1.63 bits per heavy atom. The maximum Gasteiger partial charge on any atom is 0.407 e. The highest BCUT2D eigenvalue weighted by atomic mass is 35.5. The lowest BCUT2D eigenvalue weighted by Gasteiger charge is -2.41. The highest BCUT2D eigenvalue weighted by Crippen LogP contribution is 2.45. The maximum absolute atomic E-state index is 14.8. The molecule has 1 N–H and O–H groups in total. The van der Waals surface area contributed by atoms with Crippen LogP contribution in [0, 0.1) is 5.92 Å². The number of amides is 1. The van der Waals surface area contributed by atoms with Gasteiger partial charge >= 0.3 is 6.09 Å². The van der Waals surface area contributed by atoms with Crippen molar-refractivity contribution in [1.82, 2.24) is 9.21 Å². The second-order valence-corrected chi connectivity index (χ2v) is 16.5. The third-order valence-corrected chi connectivity index (χ3v) is 12.7. The average molecular weight is 746 g/mol. The smallest absolute Gasteiger partial charge is 0.407 e. The van der Waals surface area contributed by atoms with Gasteiger partial charge in [0.2, 0.25) is 10.0 Å². The first-order chi connectivity index (χ1) is 25.1. The van der Waals surface area contributed by atoms with E-state index in [1.165, 1.54) is 20.3 Å². The molecule has 1 amide bonds. The molecule has 52 heavy (non-hydrogen) atoms. The van der Waals surface area contributed by atoms with E-state index < -0.39 is 16.1 Å². The molecule has 4 aromatic rings. The fourth-order valence-electron chi connectivity index (χ4n) is 7.97. The van der Waals surface area contributed by atoms with E-state index >= 15 is 0 Å². The number of anilines is 1. The minimum atomic E-state index is -4.04. The summed E-state index contributed by atoms with van der Waals surface area (Å²) in [5.74, 6) is 2.07. The van der Waals surface area contributed by atoms with Gasteiger partial charge in [-0.25, -0.2) is 13.2 Å². The first kappa shape index (κ1) is 35.9. The Balaban J connectivity index is 1.26. The number of rotatable bonds is 10. The van der Waals surface area contributed by atoms with Gasteiger partial charge in [-0.15, -0.1) is 0 Å². The molecule has 274 valence electrons. The second-order valence-electron chi connectivity index (χ2n) is 14.1. The number of nitrogens with zero attached hydrogens (tertiary/aromatic N) is 3. The summed E-state index contributed by atoms with van der Waals surface area (Å²) in [6.45, 7) is 2.79. The number of carbonyl (C=O) groups is 1. The molecule has 0 bridgehead atoms. The number of likely N-dealkylation sites (tertiary alicyclic amines) is 1. The number of carboxylic acid groups (broad SMARTS) is 1. The second kappa shape index (κ2) is 14.9. The molecule has 1 saturated heterocycles. The van der Waals surface area contributed by atoms with Crippen LogP contribution in [0.15, 0.2) is 89.8 Å². The number of benzene rings is 4. The molecule has 3 aliphatic rings. The van der Waals surface area contributed by atoms with E-state index in [0.717, 1.165) is 36.8 Å². The van der Waals surface area contributed by atoms with Gasteiger partial charge in [-0.3, -0.25) is 0 Å². The number of ether oxygens (including phenoxy) is 3. The number of hydrogen-bond donors (Lipinski definition) is 1. The lowest BCUT2D eigenvalue weighted by Crippen LogP contribution is -2.47. The molecule has 2 aliphatic heterocycles. The van der Waals surface area contributed by atoms with Crippen molar-refractivity contribution in [2.75, 3.05) is 51.9 Å². The Morgan fingerprint density at radius 1 is 0.962 bits per heavy atom. The summed E-state index contributed by atoms with van der Waals surface area (Å²) in [6, 6.07) is 26.0. The van der Waals surface area contributed by atoms with Crippen molar-refractivity contribution in [3.63, 3.8) is 0 Å². The lowest BCUT2D eigenvalue weighted by atomic mass is 9.70. The predicted octanol–water partition coefficient (Wildman–Crippen LogP) is 7.22. The van der Waals surface area contributed by atoms with E-state index in [0.29, 0.717) is 60.7 Å². The van der Waals surface area contributed by atoms with Crippen LogP contribution in [0.5, 0.6) is 17.2 Å². The number of halogens is 1. The van der Waals surface area contributed by atoms with Crippen LogP contribution in [0.2, 0.25) is 5.02 Å². The summed E-state index contributed by atoms with van der Waals surface area (Å²) in [5.41, 5.74) is 4.40. The van der Waals surface area contributed by atoms with Crippen molar-refractivity contribution < 1.29 is 32.5 Å². The van der Waals surface area contributed by atoms with Crippen molar-refractivity contribution in [3.8, 4) is 17.2 Å². The summed E-state index contributed by atoms with van der Waals surface area (Å²) < 4.78 is 48.3. The molecular weight excluding hydrogens is 702 g/mol. The van der Waals surface area contributed by atoms with Gasteiger partial charge in [0.05, 0.1) is 31.4 Å². The molecule has 2 heterocycles. The van der Waals surface area contributed by atoms with Crippen LogP contribution in [0.4, 0.5) is 10.5 Å². The largest absolute Gasteiger partial charge is 0.497 e. The molecule has 10 nitrogen and oxygen atoms in total. The SMILES string of the molecule is COc1ccc(CN(Cc2ccc(OC)cc2)S(=O)(=O)c2ccc3c(c2)N(CC2CCN(C(=O)O)C2)C[C@@]2(CCCc4cc(Cl)ccc42)CO3)cc1. The van der Waals surface area contributed by atoms with Crippen LogP contribution < -0.4 is 19.1 Å². The average Bonchev–Trinajstić information content (AvgIpc) is 3.57. The molecule has 1 spiro atoms. The topological polar surface area (TPSA) is 109 Å². The first-order valence-electron chi connectivity index (χ1n) is 17.6. The summed E-state index contributed by atoms with van der Waals surface area (Å²) in [5, 5.41) is 10.4. The van der Waals surface area contributed by atoms with Gasteiger partial charge in [-0.05, 0) is 108 Å². The van der Waals surface area contributed by atoms with E-state index in [2.05, 4.69) is 11.0 Å². The van der Waals surface area contributed by atoms with Gasteiger partial charge in [0.1, 0.15) is 17.2 Å².